The fraction of sp³-hybridized carbons (Fsp3) is 0. The van der Waals surface area contributed by atoms with Gasteiger partial charge in [-0.05, 0) is 91.0 Å². The maximum absolute atomic E-state index is 5.26. The zero-order chi connectivity index (χ0) is 43.8. The van der Waals surface area contributed by atoms with E-state index in [2.05, 4.69) is 231 Å². The van der Waals surface area contributed by atoms with E-state index in [9.17, 15) is 0 Å². The van der Waals surface area contributed by atoms with E-state index in [1.54, 1.807) is 0 Å². The molecule has 12 aromatic rings. The van der Waals surface area contributed by atoms with Crippen molar-refractivity contribution in [3.05, 3.63) is 243 Å². The van der Waals surface area contributed by atoms with Crippen molar-refractivity contribution >= 4 is 32.4 Å². The Morgan fingerprint density at radius 2 is 0.561 bits per heavy atom. The van der Waals surface area contributed by atoms with Crippen LogP contribution >= 0.6 is 0 Å². The molecule has 4 nitrogen and oxygen atoms in total. The Kier molecular flexibility index (Phi) is 9.81. The second kappa shape index (κ2) is 16.7. The molecule has 308 valence electrons. The van der Waals surface area contributed by atoms with E-state index < -0.39 is 0 Å². The minimum absolute atomic E-state index is 0.618. The summed E-state index contributed by atoms with van der Waals surface area (Å²) in [6.45, 7) is 0. The highest BCUT2D eigenvalue weighted by Gasteiger charge is 2.16. The van der Waals surface area contributed by atoms with Crippen LogP contribution in [0.5, 0.6) is 0 Å². The molecule has 0 aliphatic heterocycles. The molecule has 0 radical (unpaired) electrons. The fourth-order valence-corrected chi connectivity index (χ4v) is 9.05. The van der Waals surface area contributed by atoms with Gasteiger partial charge in [-0.3, -0.25) is 0 Å². The number of para-hydroxylation sites is 1. The van der Waals surface area contributed by atoms with Gasteiger partial charge in [-0.1, -0.05) is 212 Å². The number of rotatable bonds is 8. The Hall–Kier alpha value is -8.86. The lowest BCUT2D eigenvalue weighted by atomic mass is 9.94. The van der Waals surface area contributed by atoms with Crippen molar-refractivity contribution in [3.8, 4) is 89.9 Å². The third-order valence-electron chi connectivity index (χ3n) is 12.5. The molecule has 0 amide bonds. The van der Waals surface area contributed by atoms with E-state index in [0.29, 0.717) is 17.5 Å². The molecule has 0 bridgehead atoms. The van der Waals surface area contributed by atoms with Crippen LogP contribution in [0.4, 0.5) is 0 Å². The van der Waals surface area contributed by atoms with Crippen LogP contribution in [0.15, 0.2) is 243 Å². The highest BCUT2D eigenvalue weighted by molar-refractivity contribution is 6.15. The van der Waals surface area contributed by atoms with Gasteiger partial charge in [0.25, 0.3) is 0 Å². The normalized spacial score (nSPS) is 11.3. The van der Waals surface area contributed by atoms with E-state index in [-0.39, 0.29) is 0 Å². The van der Waals surface area contributed by atoms with Crippen molar-refractivity contribution in [3.63, 3.8) is 0 Å². The molecule has 0 N–H and O–H groups in total. The minimum Gasteiger partial charge on any atom is -0.247 e. The number of benzene rings is 10. The summed E-state index contributed by atoms with van der Waals surface area (Å²) in [7, 11) is 0. The van der Waals surface area contributed by atoms with Crippen LogP contribution in [0.1, 0.15) is 0 Å². The number of pyridine rings is 1. The molecule has 0 unspecified atom stereocenters. The van der Waals surface area contributed by atoms with Crippen LogP contribution in [-0.4, -0.2) is 19.9 Å². The molecule has 66 heavy (non-hydrogen) atoms. The summed E-state index contributed by atoms with van der Waals surface area (Å²) < 4.78 is 0. The van der Waals surface area contributed by atoms with Crippen molar-refractivity contribution in [2.24, 2.45) is 0 Å². The molecule has 2 heterocycles. The van der Waals surface area contributed by atoms with Crippen LogP contribution < -0.4 is 0 Å². The van der Waals surface area contributed by atoms with Crippen LogP contribution in [0.3, 0.4) is 0 Å². The van der Waals surface area contributed by atoms with Gasteiger partial charge in [0.05, 0.1) is 11.2 Å². The SMILES string of the molecule is c1ccc(-c2ccc(-c3nc(-c4ccc(-c5ccccc5)cc4)nc(-c4cccc(-c5ccc(-c6cccc(-c7nc8ccccc8c8cc9ccccc9cc78)c6)cc5)c4)n3)cc2)cc1. The number of fused-ring (bicyclic) bond motifs is 4. The van der Waals surface area contributed by atoms with Gasteiger partial charge in [0, 0.05) is 33.0 Å². The summed E-state index contributed by atoms with van der Waals surface area (Å²) in [6.07, 6.45) is 0. The summed E-state index contributed by atoms with van der Waals surface area (Å²) in [4.78, 5) is 20.5. The van der Waals surface area contributed by atoms with Crippen molar-refractivity contribution in [2.45, 2.75) is 0 Å². The molecule has 0 saturated heterocycles. The first-order chi connectivity index (χ1) is 32.7. The molecule has 4 heteroatoms. The average Bonchev–Trinajstić information content (AvgIpc) is 3.40. The van der Waals surface area contributed by atoms with Crippen LogP contribution in [0.25, 0.3) is 122 Å². The molecule has 0 saturated carbocycles. The first-order valence-electron chi connectivity index (χ1n) is 22.3. The van der Waals surface area contributed by atoms with Crippen molar-refractivity contribution < 1.29 is 0 Å². The quantitative estimate of drug-likeness (QED) is 0.113. The molecular weight excluding hydrogens is 801 g/mol. The smallest absolute Gasteiger partial charge is 0.164 e. The van der Waals surface area contributed by atoms with Gasteiger partial charge >= 0.3 is 0 Å². The summed E-state index contributed by atoms with van der Waals surface area (Å²) in [5.74, 6) is 1.87. The van der Waals surface area contributed by atoms with Gasteiger partial charge < -0.3 is 0 Å². The second-order valence-corrected chi connectivity index (χ2v) is 16.7. The molecule has 10 aromatic carbocycles. The number of aromatic nitrogens is 4. The van der Waals surface area contributed by atoms with Gasteiger partial charge in [0.15, 0.2) is 17.5 Å². The van der Waals surface area contributed by atoms with E-state index in [4.69, 9.17) is 19.9 Å². The van der Waals surface area contributed by atoms with Crippen molar-refractivity contribution in [1.82, 2.24) is 19.9 Å². The molecule has 0 atom stereocenters. The third kappa shape index (κ3) is 7.47. The van der Waals surface area contributed by atoms with Crippen molar-refractivity contribution in [1.29, 1.82) is 0 Å². The van der Waals surface area contributed by atoms with Crippen molar-refractivity contribution in [2.75, 3.05) is 0 Å². The molecule has 0 aliphatic carbocycles. The zero-order valence-corrected chi connectivity index (χ0v) is 35.9. The lowest BCUT2D eigenvalue weighted by Gasteiger charge is -2.13. The lowest BCUT2D eigenvalue weighted by Crippen LogP contribution is -2.00. The Balaban J connectivity index is 0.883. The Morgan fingerprint density at radius 3 is 1.11 bits per heavy atom. The van der Waals surface area contributed by atoms with E-state index >= 15 is 0 Å². The second-order valence-electron chi connectivity index (χ2n) is 16.7. The van der Waals surface area contributed by atoms with Gasteiger partial charge in [-0.25, -0.2) is 19.9 Å². The minimum atomic E-state index is 0.618. The largest absolute Gasteiger partial charge is 0.247 e. The van der Waals surface area contributed by atoms with E-state index in [1.165, 1.54) is 27.3 Å². The summed E-state index contributed by atoms with van der Waals surface area (Å²) in [5.41, 5.74) is 14.9. The molecule has 0 spiro atoms. The number of hydrogen-bond acceptors (Lipinski definition) is 4. The molecule has 12 rings (SSSR count). The number of hydrogen-bond donors (Lipinski definition) is 0. The predicted molar refractivity (Wildman–Crippen MR) is 274 cm³/mol. The molecular formula is C62H40N4. The van der Waals surface area contributed by atoms with Gasteiger partial charge in [0.1, 0.15) is 0 Å². The predicted octanol–water partition coefficient (Wildman–Crippen LogP) is 16.1. The highest BCUT2D eigenvalue weighted by Crippen LogP contribution is 2.37. The zero-order valence-electron chi connectivity index (χ0n) is 35.9. The van der Waals surface area contributed by atoms with E-state index in [1.807, 2.05) is 12.1 Å². The highest BCUT2D eigenvalue weighted by atomic mass is 15.0. The maximum Gasteiger partial charge on any atom is 0.164 e. The first kappa shape index (κ1) is 38.8. The maximum atomic E-state index is 5.26. The van der Waals surface area contributed by atoms with Crippen LogP contribution in [0, 0.1) is 0 Å². The van der Waals surface area contributed by atoms with Crippen LogP contribution in [0.2, 0.25) is 0 Å². The van der Waals surface area contributed by atoms with Gasteiger partial charge in [-0.15, -0.1) is 0 Å². The monoisotopic (exact) mass is 840 g/mol. The third-order valence-corrected chi connectivity index (χ3v) is 12.5. The Bertz CT molecular complexity index is 3610. The fourth-order valence-electron chi connectivity index (χ4n) is 9.05. The number of nitrogens with zero attached hydrogens (tertiary/aromatic N) is 4. The first-order valence-corrected chi connectivity index (χ1v) is 22.3. The molecule has 2 aromatic heterocycles. The topological polar surface area (TPSA) is 51.6 Å². The summed E-state index contributed by atoms with van der Waals surface area (Å²) in [6, 6.07) is 85.4. The van der Waals surface area contributed by atoms with Gasteiger partial charge in [0.2, 0.25) is 0 Å². The summed E-state index contributed by atoms with van der Waals surface area (Å²) in [5, 5.41) is 5.96. The summed E-state index contributed by atoms with van der Waals surface area (Å²) >= 11 is 0. The lowest BCUT2D eigenvalue weighted by molar-refractivity contribution is 1.07. The molecule has 0 aliphatic rings. The van der Waals surface area contributed by atoms with Crippen LogP contribution in [-0.2, 0) is 0 Å². The Labute approximate surface area is 383 Å². The van der Waals surface area contributed by atoms with E-state index in [0.717, 1.165) is 77.6 Å². The standard InChI is InChI=1S/C62H40N4/c1-3-13-41(14-4-1)43-29-33-47(34-30-43)60-64-61(48-35-31-44(32-36-48)42-15-5-2-6-16-42)66-62(65-60)54-22-12-20-50(38-54)46-27-25-45(26-28-46)49-19-11-21-53(37-49)59-57-40-52-18-8-7-17-51(52)39-56(57)55-23-9-10-24-58(55)63-59/h1-40H. The Morgan fingerprint density at radius 1 is 0.197 bits per heavy atom. The van der Waals surface area contributed by atoms with Gasteiger partial charge in [-0.2, -0.15) is 0 Å². The molecule has 0 fully saturated rings. The average molecular weight is 841 g/mol.